The number of ketones is 1. The monoisotopic (exact) mass is 293 g/mol. The van der Waals surface area contributed by atoms with E-state index in [1.54, 1.807) is 13.8 Å². The van der Waals surface area contributed by atoms with Crippen LogP contribution in [0.2, 0.25) is 0 Å². The number of Topliss-reactive ketones (excluding diaryl/α,β-unsaturated/α-hetero) is 1. The Morgan fingerprint density at radius 2 is 2.19 bits per heavy atom. The van der Waals surface area contributed by atoms with Crippen molar-refractivity contribution < 1.29 is 19.5 Å². The molecule has 0 aromatic carbocycles. The van der Waals surface area contributed by atoms with E-state index in [4.69, 9.17) is 0 Å². The van der Waals surface area contributed by atoms with Crippen molar-refractivity contribution in [3.05, 3.63) is 17.5 Å². The smallest absolute Gasteiger partial charge is 0.326 e. The highest BCUT2D eigenvalue weighted by Crippen LogP contribution is 2.18. The molecule has 0 spiro atoms. The highest BCUT2D eigenvalue weighted by atomic mass is 16.4. The molecule has 2 rings (SSSR count). The Balaban J connectivity index is 2.30. The number of likely N-dealkylation sites (N-methyl/N-ethyl adjacent to an activating group) is 1. The molecule has 7 heteroatoms. The van der Waals surface area contributed by atoms with Gasteiger partial charge < -0.3 is 10.0 Å². The fraction of sp³-hybridized carbons (Fsp3) is 0.571. The molecule has 1 aliphatic heterocycles. The normalized spacial score (nSPS) is 15.4. The molecule has 1 aliphatic rings. The number of carbonyl (C=O) groups excluding carboxylic acids is 2. The second kappa shape index (κ2) is 6.07. The molecule has 21 heavy (non-hydrogen) atoms. The predicted octanol–water partition coefficient (Wildman–Crippen LogP) is 1.18. The largest absolute Gasteiger partial charge is 0.480 e. The quantitative estimate of drug-likeness (QED) is 0.880. The molecule has 2 heterocycles. The first-order chi connectivity index (χ1) is 9.99. The Kier molecular flexibility index (Phi) is 4.40. The zero-order chi connectivity index (χ0) is 15.6. The molecule has 1 aromatic heterocycles. The summed E-state index contributed by atoms with van der Waals surface area (Å²) in [6.45, 7) is 4.33. The van der Waals surface area contributed by atoms with Crippen molar-refractivity contribution in [2.75, 3.05) is 6.54 Å². The highest BCUT2D eigenvalue weighted by Gasteiger charge is 2.30. The Labute approximate surface area is 122 Å². The summed E-state index contributed by atoms with van der Waals surface area (Å²) in [5.41, 5.74) is 0.575. The fourth-order valence-electron chi connectivity index (χ4n) is 2.61. The average molecular weight is 293 g/mol. The van der Waals surface area contributed by atoms with Crippen LogP contribution in [0.15, 0.2) is 6.07 Å². The maximum atomic E-state index is 12.5. The lowest BCUT2D eigenvalue weighted by Crippen LogP contribution is -2.44. The van der Waals surface area contributed by atoms with Gasteiger partial charge >= 0.3 is 5.97 Å². The van der Waals surface area contributed by atoms with Gasteiger partial charge in [-0.05, 0) is 19.8 Å². The Morgan fingerprint density at radius 1 is 1.48 bits per heavy atom. The van der Waals surface area contributed by atoms with Crippen molar-refractivity contribution in [3.8, 4) is 0 Å². The van der Waals surface area contributed by atoms with Crippen molar-refractivity contribution in [3.63, 3.8) is 0 Å². The van der Waals surface area contributed by atoms with Crippen LogP contribution in [-0.4, -0.2) is 50.0 Å². The van der Waals surface area contributed by atoms with Gasteiger partial charge in [-0.3, -0.25) is 14.3 Å². The first-order valence-electron chi connectivity index (χ1n) is 7.14. The van der Waals surface area contributed by atoms with Gasteiger partial charge in [0.25, 0.3) is 5.91 Å². The fourth-order valence-corrected chi connectivity index (χ4v) is 2.61. The number of carbonyl (C=O) groups is 3. The molecule has 0 aliphatic carbocycles. The SMILES string of the molecule is CCC(C(=O)O)N(CC)C(=O)c1cc2n(n1)CCCC2=O. The van der Waals surface area contributed by atoms with E-state index in [0.29, 0.717) is 31.5 Å². The summed E-state index contributed by atoms with van der Waals surface area (Å²) in [5, 5.41) is 13.4. The molecule has 0 saturated carbocycles. The van der Waals surface area contributed by atoms with Crippen LogP contribution in [-0.2, 0) is 11.3 Å². The second-order valence-electron chi connectivity index (χ2n) is 5.02. The van der Waals surface area contributed by atoms with Crippen LogP contribution >= 0.6 is 0 Å². The van der Waals surface area contributed by atoms with E-state index in [2.05, 4.69) is 5.10 Å². The van der Waals surface area contributed by atoms with Gasteiger partial charge in [0, 0.05) is 25.6 Å². The molecule has 1 N–H and O–H groups in total. The van der Waals surface area contributed by atoms with Gasteiger partial charge in [0.1, 0.15) is 11.7 Å². The number of hydrogen-bond donors (Lipinski definition) is 1. The number of nitrogens with zero attached hydrogens (tertiary/aromatic N) is 3. The molecule has 0 bridgehead atoms. The number of carboxylic acids is 1. The Morgan fingerprint density at radius 3 is 2.71 bits per heavy atom. The molecule has 0 fully saturated rings. The second-order valence-corrected chi connectivity index (χ2v) is 5.02. The lowest BCUT2D eigenvalue weighted by atomic mass is 10.1. The van der Waals surface area contributed by atoms with Crippen LogP contribution in [0, 0.1) is 0 Å². The van der Waals surface area contributed by atoms with Crippen molar-refractivity contribution >= 4 is 17.7 Å². The number of aliphatic carboxylic acids is 1. The molecule has 1 amide bonds. The van der Waals surface area contributed by atoms with Crippen molar-refractivity contribution in [1.82, 2.24) is 14.7 Å². The van der Waals surface area contributed by atoms with Crippen molar-refractivity contribution in [2.45, 2.75) is 45.7 Å². The molecule has 0 saturated heterocycles. The average Bonchev–Trinajstić information content (AvgIpc) is 2.89. The third kappa shape index (κ3) is 2.81. The molecular formula is C14H19N3O4. The molecule has 1 atom stereocenters. The van der Waals surface area contributed by atoms with E-state index < -0.39 is 17.9 Å². The molecule has 1 aromatic rings. The van der Waals surface area contributed by atoms with E-state index in [-0.39, 0.29) is 18.0 Å². The van der Waals surface area contributed by atoms with Crippen LogP contribution in [0.1, 0.15) is 54.1 Å². The maximum absolute atomic E-state index is 12.5. The van der Waals surface area contributed by atoms with Gasteiger partial charge in [-0.2, -0.15) is 5.10 Å². The van der Waals surface area contributed by atoms with E-state index >= 15 is 0 Å². The molecular weight excluding hydrogens is 274 g/mol. The van der Waals surface area contributed by atoms with E-state index in [1.807, 2.05) is 0 Å². The van der Waals surface area contributed by atoms with Crippen molar-refractivity contribution in [2.24, 2.45) is 0 Å². The topological polar surface area (TPSA) is 92.5 Å². The molecule has 7 nitrogen and oxygen atoms in total. The number of fused-ring (bicyclic) bond motifs is 1. The van der Waals surface area contributed by atoms with E-state index in [0.717, 1.165) is 0 Å². The number of aryl methyl sites for hydroxylation is 1. The Bertz CT molecular complexity index is 579. The summed E-state index contributed by atoms with van der Waals surface area (Å²) in [6, 6.07) is 0.595. The van der Waals surface area contributed by atoms with Crippen molar-refractivity contribution in [1.29, 1.82) is 0 Å². The number of aromatic nitrogens is 2. The molecule has 114 valence electrons. The van der Waals surface area contributed by atoms with Crippen LogP contribution in [0.4, 0.5) is 0 Å². The van der Waals surface area contributed by atoms with E-state index in [1.165, 1.54) is 15.6 Å². The minimum Gasteiger partial charge on any atom is -0.480 e. The predicted molar refractivity (Wildman–Crippen MR) is 74.2 cm³/mol. The minimum absolute atomic E-state index is 0.0267. The van der Waals surface area contributed by atoms with Gasteiger partial charge in [-0.15, -0.1) is 0 Å². The summed E-state index contributed by atoms with van der Waals surface area (Å²) in [6.07, 6.45) is 1.50. The zero-order valence-electron chi connectivity index (χ0n) is 12.2. The third-order valence-corrected chi connectivity index (χ3v) is 3.71. The third-order valence-electron chi connectivity index (χ3n) is 3.71. The van der Waals surface area contributed by atoms with Crippen LogP contribution < -0.4 is 0 Å². The van der Waals surface area contributed by atoms with Gasteiger partial charge in [0.05, 0.1) is 0 Å². The van der Waals surface area contributed by atoms with Crippen LogP contribution in [0.25, 0.3) is 0 Å². The Hall–Kier alpha value is -2.18. The summed E-state index contributed by atoms with van der Waals surface area (Å²) in [5.74, 6) is -1.50. The van der Waals surface area contributed by atoms with Gasteiger partial charge in [-0.25, -0.2) is 4.79 Å². The van der Waals surface area contributed by atoms with E-state index in [9.17, 15) is 19.5 Å². The number of hydrogen-bond acceptors (Lipinski definition) is 4. The standard InChI is InChI=1S/C14H19N3O4/c1-3-10(14(20)21)16(4-2)13(19)9-8-11-12(18)6-5-7-17(11)15-9/h8,10H,3-7H2,1-2H3,(H,20,21). The van der Waals surface area contributed by atoms with Gasteiger partial charge in [0.2, 0.25) is 0 Å². The number of carboxylic acid groups (broad SMARTS) is 1. The summed E-state index contributed by atoms with van der Waals surface area (Å²) in [4.78, 5) is 36.8. The summed E-state index contributed by atoms with van der Waals surface area (Å²) < 4.78 is 1.54. The number of amides is 1. The highest BCUT2D eigenvalue weighted by molar-refractivity contribution is 6.00. The summed E-state index contributed by atoms with van der Waals surface area (Å²) in [7, 11) is 0. The minimum atomic E-state index is -1.03. The zero-order valence-corrected chi connectivity index (χ0v) is 12.2. The van der Waals surface area contributed by atoms with Gasteiger partial charge in [0.15, 0.2) is 11.5 Å². The maximum Gasteiger partial charge on any atom is 0.326 e. The number of rotatable bonds is 5. The first-order valence-corrected chi connectivity index (χ1v) is 7.14. The lowest BCUT2D eigenvalue weighted by Gasteiger charge is -2.26. The van der Waals surface area contributed by atoms with Crippen LogP contribution in [0.5, 0.6) is 0 Å². The summed E-state index contributed by atoms with van der Waals surface area (Å²) >= 11 is 0. The van der Waals surface area contributed by atoms with Gasteiger partial charge in [-0.1, -0.05) is 6.92 Å². The molecule has 1 unspecified atom stereocenters. The lowest BCUT2D eigenvalue weighted by molar-refractivity contribution is -0.142. The van der Waals surface area contributed by atoms with Crippen LogP contribution in [0.3, 0.4) is 0 Å². The molecule has 0 radical (unpaired) electrons. The first kappa shape index (κ1) is 15.2.